The molecule has 0 radical (unpaired) electrons. The molecular weight excluding hydrogens is 333 g/mol. The van der Waals surface area contributed by atoms with Gasteiger partial charge in [0, 0.05) is 12.0 Å². The van der Waals surface area contributed by atoms with E-state index >= 15 is 0 Å². The molecule has 1 aromatic rings. The van der Waals surface area contributed by atoms with Crippen LogP contribution in [0.5, 0.6) is 0 Å². The number of aliphatic hydroxyl groups is 1. The van der Waals surface area contributed by atoms with Crippen molar-refractivity contribution in [3.05, 3.63) is 34.1 Å². The topological polar surface area (TPSA) is 23.5 Å². The minimum atomic E-state index is -0.433. The van der Waals surface area contributed by atoms with Crippen LogP contribution in [0.1, 0.15) is 38.2 Å². The van der Waals surface area contributed by atoms with Crippen molar-refractivity contribution in [2.75, 3.05) is 14.1 Å². The average Bonchev–Trinajstić information content (AvgIpc) is 2.43. The molecule has 1 unspecified atom stereocenters. The highest BCUT2D eigenvalue weighted by atomic mass is 79.9. The molecule has 0 aliphatic heterocycles. The summed E-state index contributed by atoms with van der Waals surface area (Å²) in [4.78, 5) is 2.18. The second kappa shape index (κ2) is 6.76. The maximum Gasteiger partial charge on any atom is 0.137 e. The zero-order valence-electron chi connectivity index (χ0n) is 13.1. The fourth-order valence-corrected chi connectivity index (χ4v) is 3.85. The number of hydrogen-bond acceptors (Lipinski definition) is 2. The van der Waals surface area contributed by atoms with Gasteiger partial charge in [-0.15, -0.1) is 0 Å². The molecule has 21 heavy (non-hydrogen) atoms. The van der Waals surface area contributed by atoms with E-state index in [2.05, 4.69) is 41.8 Å². The standard InChI is InChI=1S/C17H25BrFNO/c1-12-6-8-17(9-7-12,20(2)3)16(21)11-13-4-5-15(19)14(18)10-13/h4-5,10,12,16,21H,6-9,11H2,1-3H3. The largest absolute Gasteiger partial charge is 0.391 e. The summed E-state index contributed by atoms with van der Waals surface area (Å²) in [5.41, 5.74) is 0.809. The van der Waals surface area contributed by atoms with Crippen LogP contribution < -0.4 is 0 Å². The van der Waals surface area contributed by atoms with E-state index in [-0.39, 0.29) is 11.4 Å². The van der Waals surface area contributed by atoms with Gasteiger partial charge in [0.25, 0.3) is 0 Å². The molecule has 0 saturated heterocycles. The Morgan fingerprint density at radius 3 is 2.52 bits per heavy atom. The van der Waals surface area contributed by atoms with Crippen LogP contribution in [-0.4, -0.2) is 35.7 Å². The van der Waals surface area contributed by atoms with E-state index in [1.807, 2.05) is 0 Å². The summed E-state index contributed by atoms with van der Waals surface area (Å²) < 4.78 is 13.8. The maximum absolute atomic E-state index is 13.3. The number of hydrogen-bond donors (Lipinski definition) is 1. The molecule has 1 aromatic carbocycles. The lowest BCUT2D eigenvalue weighted by molar-refractivity contribution is -0.0382. The predicted octanol–water partition coefficient (Wildman–Crippen LogP) is 4.00. The van der Waals surface area contributed by atoms with Crippen molar-refractivity contribution in [2.45, 2.75) is 50.7 Å². The summed E-state index contributed by atoms with van der Waals surface area (Å²) in [5.74, 6) is 0.479. The highest BCUT2D eigenvalue weighted by molar-refractivity contribution is 9.10. The Hall–Kier alpha value is -0.450. The lowest BCUT2D eigenvalue weighted by Gasteiger charge is -2.47. The van der Waals surface area contributed by atoms with Crippen LogP contribution in [-0.2, 0) is 6.42 Å². The second-order valence-corrected chi connectivity index (χ2v) is 7.50. The summed E-state index contributed by atoms with van der Waals surface area (Å²) in [6.45, 7) is 2.28. The molecule has 1 atom stereocenters. The quantitative estimate of drug-likeness (QED) is 0.879. The molecule has 1 N–H and O–H groups in total. The minimum Gasteiger partial charge on any atom is -0.391 e. The van der Waals surface area contributed by atoms with E-state index < -0.39 is 6.10 Å². The molecule has 2 rings (SSSR count). The number of rotatable bonds is 4. The highest BCUT2D eigenvalue weighted by Gasteiger charge is 2.42. The Morgan fingerprint density at radius 1 is 1.38 bits per heavy atom. The van der Waals surface area contributed by atoms with Gasteiger partial charge in [-0.3, -0.25) is 0 Å². The van der Waals surface area contributed by atoms with E-state index in [1.54, 1.807) is 12.1 Å². The summed E-state index contributed by atoms with van der Waals surface area (Å²) in [5, 5.41) is 10.8. The highest BCUT2D eigenvalue weighted by Crippen LogP contribution is 2.38. The van der Waals surface area contributed by atoms with Gasteiger partial charge in [0.2, 0.25) is 0 Å². The Balaban J connectivity index is 2.15. The van der Waals surface area contributed by atoms with Crippen LogP contribution in [0.15, 0.2) is 22.7 Å². The zero-order valence-corrected chi connectivity index (χ0v) is 14.7. The third-order valence-corrected chi connectivity index (χ3v) is 5.67. The van der Waals surface area contributed by atoms with E-state index in [0.717, 1.165) is 37.2 Å². The Labute approximate surface area is 135 Å². The van der Waals surface area contributed by atoms with Gasteiger partial charge in [-0.2, -0.15) is 0 Å². The zero-order chi connectivity index (χ0) is 15.6. The summed E-state index contributed by atoms with van der Waals surface area (Å²) in [6.07, 6.45) is 4.48. The van der Waals surface area contributed by atoms with E-state index in [1.165, 1.54) is 6.07 Å². The van der Waals surface area contributed by atoms with Crippen molar-refractivity contribution in [1.82, 2.24) is 4.90 Å². The van der Waals surface area contributed by atoms with Gasteiger partial charge >= 0.3 is 0 Å². The van der Waals surface area contributed by atoms with Gasteiger partial charge < -0.3 is 10.0 Å². The number of halogens is 2. The van der Waals surface area contributed by atoms with Crippen molar-refractivity contribution in [3.8, 4) is 0 Å². The minimum absolute atomic E-state index is 0.159. The van der Waals surface area contributed by atoms with Crippen molar-refractivity contribution in [2.24, 2.45) is 5.92 Å². The van der Waals surface area contributed by atoms with E-state index in [0.29, 0.717) is 10.9 Å². The number of likely N-dealkylation sites (N-methyl/N-ethyl adjacent to an activating group) is 1. The molecular formula is C17H25BrFNO. The van der Waals surface area contributed by atoms with Gasteiger partial charge in [0.15, 0.2) is 0 Å². The van der Waals surface area contributed by atoms with Gasteiger partial charge in [0.1, 0.15) is 5.82 Å². The fraction of sp³-hybridized carbons (Fsp3) is 0.647. The Bertz CT molecular complexity index is 484. The SMILES string of the molecule is CC1CCC(C(O)Cc2ccc(F)c(Br)c2)(N(C)C)CC1. The third-order valence-electron chi connectivity index (χ3n) is 5.06. The first kappa shape index (κ1) is 16.9. The number of benzene rings is 1. The lowest BCUT2D eigenvalue weighted by Crippen LogP contribution is -2.56. The van der Waals surface area contributed by atoms with Gasteiger partial charge in [-0.25, -0.2) is 4.39 Å². The van der Waals surface area contributed by atoms with Crippen molar-refractivity contribution < 1.29 is 9.50 Å². The molecule has 1 fully saturated rings. The predicted molar refractivity (Wildman–Crippen MR) is 87.9 cm³/mol. The van der Waals surface area contributed by atoms with Crippen LogP contribution >= 0.6 is 15.9 Å². The smallest absolute Gasteiger partial charge is 0.137 e. The molecule has 0 bridgehead atoms. The molecule has 1 saturated carbocycles. The number of aliphatic hydroxyl groups excluding tert-OH is 1. The molecule has 0 spiro atoms. The van der Waals surface area contributed by atoms with Crippen LogP contribution in [0.2, 0.25) is 0 Å². The molecule has 1 aliphatic rings. The first-order valence-electron chi connectivity index (χ1n) is 7.64. The summed E-state index contributed by atoms with van der Waals surface area (Å²) in [7, 11) is 4.11. The molecule has 0 heterocycles. The van der Waals surface area contributed by atoms with Crippen molar-refractivity contribution >= 4 is 15.9 Å². The van der Waals surface area contributed by atoms with Crippen molar-refractivity contribution in [1.29, 1.82) is 0 Å². The molecule has 2 nitrogen and oxygen atoms in total. The maximum atomic E-state index is 13.3. The van der Waals surface area contributed by atoms with Crippen molar-refractivity contribution in [3.63, 3.8) is 0 Å². The first-order chi connectivity index (χ1) is 9.85. The molecule has 1 aliphatic carbocycles. The van der Waals surface area contributed by atoms with Crippen LogP contribution in [0.3, 0.4) is 0 Å². The monoisotopic (exact) mass is 357 g/mol. The fourth-order valence-electron chi connectivity index (χ4n) is 3.42. The van der Waals surface area contributed by atoms with Gasteiger partial charge in [0.05, 0.1) is 10.6 Å². The third kappa shape index (κ3) is 3.66. The molecule has 118 valence electrons. The van der Waals surface area contributed by atoms with E-state index in [4.69, 9.17) is 0 Å². The molecule has 4 heteroatoms. The summed E-state index contributed by atoms with van der Waals surface area (Å²) >= 11 is 3.22. The van der Waals surface area contributed by atoms with Gasteiger partial charge in [-0.1, -0.05) is 13.0 Å². The Morgan fingerprint density at radius 2 is 2.00 bits per heavy atom. The van der Waals surface area contributed by atoms with Crippen LogP contribution in [0.4, 0.5) is 4.39 Å². The first-order valence-corrected chi connectivity index (χ1v) is 8.44. The molecule has 0 amide bonds. The summed E-state index contributed by atoms with van der Waals surface area (Å²) in [6, 6.07) is 4.99. The van der Waals surface area contributed by atoms with Crippen LogP contribution in [0.25, 0.3) is 0 Å². The van der Waals surface area contributed by atoms with E-state index in [9.17, 15) is 9.50 Å². The molecule has 0 aromatic heterocycles. The number of nitrogens with zero attached hydrogens (tertiary/aromatic N) is 1. The second-order valence-electron chi connectivity index (χ2n) is 6.65. The average molecular weight is 358 g/mol. The Kier molecular flexibility index (Phi) is 5.44. The normalized spacial score (nSPS) is 27.9. The van der Waals surface area contributed by atoms with Crippen LogP contribution in [0, 0.1) is 11.7 Å². The lowest BCUT2D eigenvalue weighted by atomic mass is 9.72. The van der Waals surface area contributed by atoms with Gasteiger partial charge in [-0.05, 0) is 79.3 Å².